The minimum atomic E-state index is -4.95. The molecular formula is C2H9NO7P2. The first-order valence-electron chi connectivity index (χ1n) is 2.64. The summed E-state index contributed by atoms with van der Waals surface area (Å²) in [6.07, 6.45) is 0. The van der Waals surface area contributed by atoms with Gasteiger partial charge in [0.1, 0.15) is 0 Å². The molecule has 74 valence electrons. The number of aliphatic hydroxyl groups excluding tert-OH is 1. The van der Waals surface area contributed by atoms with Crippen LogP contribution in [-0.2, 0) is 9.13 Å². The van der Waals surface area contributed by atoms with E-state index in [1.165, 1.54) is 0 Å². The number of hydrogen-bond donors (Lipinski definition) is 6. The molecule has 0 spiro atoms. The van der Waals surface area contributed by atoms with Gasteiger partial charge in [-0.15, -0.1) is 0 Å². The SMILES string of the molecule is O=P(O)(O)C(NCO)P(=O)(O)O. The Morgan fingerprint density at radius 1 is 1.08 bits per heavy atom. The maximum atomic E-state index is 10.4. The smallest absolute Gasteiger partial charge is 0.354 e. The molecule has 0 aromatic rings. The molecule has 0 saturated carbocycles. The quantitative estimate of drug-likeness (QED) is 0.240. The summed E-state index contributed by atoms with van der Waals surface area (Å²) in [5.74, 6) is 0. The highest BCUT2D eigenvalue weighted by Gasteiger charge is 2.42. The van der Waals surface area contributed by atoms with Crippen molar-refractivity contribution in [3.8, 4) is 0 Å². The van der Waals surface area contributed by atoms with E-state index >= 15 is 0 Å². The molecular weight excluding hydrogens is 212 g/mol. The maximum Gasteiger partial charge on any atom is 0.354 e. The van der Waals surface area contributed by atoms with Gasteiger partial charge in [-0.2, -0.15) is 0 Å². The molecule has 0 unspecified atom stereocenters. The van der Waals surface area contributed by atoms with Gasteiger partial charge in [-0.25, -0.2) is 0 Å². The number of nitrogens with one attached hydrogen (secondary N) is 1. The van der Waals surface area contributed by atoms with E-state index in [1.807, 2.05) is 0 Å². The summed E-state index contributed by atoms with van der Waals surface area (Å²) in [7, 11) is -9.90. The molecule has 0 saturated heterocycles. The van der Waals surface area contributed by atoms with Crippen LogP contribution in [0, 0.1) is 0 Å². The van der Waals surface area contributed by atoms with Gasteiger partial charge in [-0.1, -0.05) is 0 Å². The molecule has 0 aromatic carbocycles. The standard InChI is InChI=1S/C2H9NO7P2/c4-1-3-2(11(5,6)7)12(8,9)10/h2-4H,1H2,(H2,5,6,7)(H2,8,9,10). The first-order valence-corrected chi connectivity index (χ1v) is 6.00. The second-order valence-corrected chi connectivity index (χ2v) is 5.71. The van der Waals surface area contributed by atoms with Crippen molar-refractivity contribution in [2.24, 2.45) is 0 Å². The van der Waals surface area contributed by atoms with Crippen molar-refractivity contribution in [2.75, 3.05) is 6.73 Å². The summed E-state index contributed by atoms with van der Waals surface area (Å²) in [4.78, 5) is 33.6. The second-order valence-electron chi connectivity index (χ2n) is 1.91. The zero-order valence-corrected chi connectivity index (χ0v) is 7.52. The van der Waals surface area contributed by atoms with Crippen LogP contribution in [0.1, 0.15) is 0 Å². The van der Waals surface area contributed by atoms with Crippen molar-refractivity contribution >= 4 is 15.2 Å². The fraction of sp³-hybridized carbons (Fsp3) is 1.00. The molecule has 0 aliphatic carbocycles. The first-order chi connectivity index (χ1) is 5.19. The van der Waals surface area contributed by atoms with E-state index in [1.54, 1.807) is 5.32 Å². The topological polar surface area (TPSA) is 147 Å². The van der Waals surface area contributed by atoms with Crippen LogP contribution in [0.25, 0.3) is 0 Å². The Balaban J connectivity index is 4.70. The van der Waals surface area contributed by atoms with Crippen LogP contribution in [0.3, 0.4) is 0 Å². The summed E-state index contributed by atoms with van der Waals surface area (Å²) in [5, 5.41) is 9.76. The molecule has 8 nitrogen and oxygen atoms in total. The van der Waals surface area contributed by atoms with Crippen molar-refractivity contribution in [2.45, 2.75) is 5.52 Å². The zero-order chi connectivity index (χ0) is 9.99. The molecule has 0 heterocycles. The van der Waals surface area contributed by atoms with Crippen molar-refractivity contribution in [3.05, 3.63) is 0 Å². The van der Waals surface area contributed by atoms with E-state index in [9.17, 15) is 9.13 Å². The molecule has 0 bridgehead atoms. The van der Waals surface area contributed by atoms with Gasteiger partial charge in [-0.3, -0.25) is 14.4 Å². The van der Waals surface area contributed by atoms with E-state index in [2.05, 4.69) is 0 Å². The lowest BCUT2D eigenvalue weighted by molar-refractivity contribution is 0.245. The summed E-state index contributed by atoms with van der Waals surface area (Å²) >= 11 is 0. The molecule has 0 atom stereocenters. The van der Waals surface area contributed by atoms with Gasteiger partial charge in [0, 0.05) is 0 Å². The number of aliphatic hydroxyl groups is 1. The van der Waals surface area contributed by atoms with E-state index in [-0.39, 0.29) is 0 Å². The van der Waals surface area contributed by atoms with Gasteiger partial charge in [0.25, 0.3) is 0 Å². The molecule has 0 radical (unpaired) electrons. The van der Waals surface area contributed by atoms with Crippen molar-refractivity contribution in [1.29, 1.82) is 0 Å². The predicted molar refractivity (Wildman–Crippen MR) is 38.1 cm³/mol. The summed E-state index contributed by atoms with van der Waals surface area (Å²) in [6, 6.07) is 0. The van der Waals surface area contributed by atoms with Gasteiger partial charge >= 0.3 is 15.2 Å². The Morgan fingerprint density at radius 2 is 1.42 bits per heavy atom. The summed E-state index contributed by atoms with van der Waals surface area (Å²) in [5.41, 5.74) is -2.34. The molecule has 0 amide bonds. The molecule has 10 heteroatoms. The Hall–Kier alpha value is 0.220. The fourth-order valence-corrected chi connectivity index (χ4v) is 2.72. The lowest BCUT2D eigenvalue weighted by Gasteiger charge is -2.19. The van der Waals surface area contributed by atoms with Crippen LogP contribution < -0.4 is 5.32 Å². The average Bonchev–Trinajstić information content (AvgIpc) is 1.77. The maximum absolute atomic E-state index is 10.4. The van der Waals surface area contributed by atoms with Crippen LogP contribution >= 0.6 is 15.2 Å². The highest BCUT2D eigenvalue weighted by molar-refractivity contribution is 7.70. The Labute approximate surface area is 67.6 Å². The number of rotatable bonds is 4. The van der Waals surface area contributed by atoms with Gasteiger partial charge in [0.15, 0.2) is 0 Å². The van der Waals surface area contributed by atoms with Crippen LogP contribution in [0.2, 0.25) is 0 Å². The van der Waals surface area contributed by atoms with Gasteiger partial charge < -0.3 is 24.7 Å². The lowest BCUT2D eigenvalue weighted by Crippen LogP contribution is -2.29. The summed E-state index contributed by atoms with van der Waals surface area (Å²) < 4.78 is 20.8. The zero-order valence-electron chi connectivity index (χ0n) is 5.73. The second kappa shape index (κ2) is 3.95. The molecule has 0 fully saturated rings. The van der Waals surface area contributed by atoms with E-state index in [0.717, 1.165) is 0 Å². The van der Waals surface area contributed by atoms with Crippen LogP contribution in [0.5, 0.6) is 0 Å². The highest BCUT2D eigenvalue weighted by atomic mass is 31.2. The predicted octanol–water partition coefficient (Wildman–Crippen LogP) is -1.84. The molecule has 0 aliphatic heterocycles. The third kappa shape index (κ3) is 3.75. The van der Waals surface area contributed by atoms with E-state index < -0.39 is 27.4 Å². The first kappa shape index (κ1) is 12.2. The third-order valence-electron chi connectivity index (χ3n) is 0.911. The number of hydrogen-bond acceptors (Lipinski definition) is 4. The summed E-state index contributed by atoms with van der Waals surface area (Å²) in [6.45, 7) is -0.930. The Bertz CT molecular complexity index is 206. The molecule has 6 N–H and O–H groups in total. The van der Waals surface area contributed by atoms with Crippen molar-refractivity contribution in [3.63, 3.8) is 0 Å². The van der Waals surface area contributed by atoms with Gasteiger partial charge in [0.2, 0.25) is 5.52 Å². The highest BCUT2D eigenvalue weighted by Crippen LogP contribution is 2.58. The van der Waals surface area contributed by atoms with Crippen molar-refractivity contribution < 1.29 is 33.8 Å². The Morgan fingerprint density at radius 3 is 1.50 bits per heavy atom. The fourth-order valence-electron chi connectivity index (χ4n) is 0.515. The van der Waals surface area contributed by atoms with Crippen LogP contribution in [0.4, 0.5) is 0 Å². The molecule has 0 aliphatic rings. The van der Waals surface area contributed by atoms with Gasteiger partial charge in [0.05, 0.1) is 6.73 Å². The van der Waals surface area contributed by atoms with Crippen LogP contribution in [0.15, 0.2) is 0 Å². The van der Waals surface area contributed by atoms with E-state index in [0.29, 0.717) is 0 Å². The molecule has 0 aromatic heterocycles. The molecule has 0 rings (SSSR count). The lowest BCUT2D eigenvalue weighted by atomic mass is 11.2. The van der Waals surface area contributed by atoms with Crippen LogP contribution in [-0.4, -0.2) is 36.9 Å². The average molecular weight is 221 g/mol. The Kier molecular flexibility index (Phi) is 4.02. The normalized spacial score (nSPS) is 13.8. The molecule has 12 heavy (non-hydrogen) atoms. The monoisotopic (exact) mass is 221 g/mol. The largest absolute Gasteiger partial charge is 0.381 e. The third-order valence-corrected chi connectivity index (χ3v) is 4.36. The minimum absolute atomic E-state index is 0.930. The minimum Gasteiger partial charge on any atom is -0.381 e. The van der Waals surface area contributed by atoms with E-state index in [4.69, 9.17) is 24.7 Å². The van der Waals surface area contributed by atoms with Crippen molar-refractivity contribution in [1.82, 2.24) is 5.32 Å². The van der Waals surface area contributed by atoms with Gasteiger partial charge in [-0.05, 0) is 0 Å².